The molecule has 0 aliphatic rings. The van der Waals surface area contributed by atoms with Crippen LogP contribution < -0.4 is 10.6 Å². The first-order valence-corrected chi connectivity index (χ1v) is 5.01. The lowest BCUT2D eigenvalue weighted by Gasteiger charge is -2.12. The molecule has 0 spiro atoms. The highest BCUT2D eigenvalue weighted by Gasteiger charge is 2.03. The van der Waals surface area contributed by atoms with Gasteiger partial charge in [0.1, 0.15) is 0 Å². The Hall–Kier alpha value is -0.870. The van der Waals surface area contributed by atoms with Crippen LogP contribution in [0.5, 0.6) is 0 Å². The molecule has 0 amide bonds. The summed E-state index contributed by atoms with van der Waals surface area (Å²) in [5, 5.41) is 10.9. The fraction of sp³-hybridized carbons (Fsp3) is 0.700. The monoisotopic (exact) mass is 196 g/mol. The minimum Gasteiger partial charge on any atom is -0.318 e. The van der Waals surface area contributed by atoms with Crippen molar-refractivity contribution in [1.29, 1.82) is 0 Å². The van der Waals surface area contributed by atoms with Gasteiger partial charge in [0, 0.05) is 26.2 Å². The maximum Gasteiger partial charge on any atom is 0.0597 e. The average Bonchev–Trinajstić information content (AvgIpc) is 2.42. The molecule has 0 bridgehead atoms. The van der Waals surface area contributed by atoms with E-state index in [1.54, 1.807) is 0 Å². The summed E-state index contributed by atoms with van der Waals surface area (Å²) in [6.45, 7) is 6.04. The predicted molar refractivity (Wildman–Crippen MR) is 58.2 cm³/mol. The fourth-order valence-corrected chi connectivity index (χ4v) is 1.49. The zero-order chi connectivity index (χ0) is 10.6. The van der Waals surface area contributed by atoms with Gasteiger partial charge in [0.2, 0.25) is 0 Å². The molecule has 1 aromatic heterocycles. The molecule has 4 heteroatoms. The number of nitrogens with one attached hydrogen (secondary N) is 2. The number of rotatable bonds is 5. The Bertz CT molecular complexity index is 280. The SMILES string of the molecule is CNCC(C)NCc1cc(C)nn1C. The van der Waals surface area contributed by atoms with E-state index in [9.17, 15) is 0 Å². The van der Waals surface area contributed by atoms with E-state index in [1.165, 1.54) is 5.69 Å². The van der Waals surface area contributed by atoms with E-state index >= 15 is 0 Å². The molecular formula is C10H20N4. The van der Waals surface area contributed by atoms with Crippen LogP contribution in [0.4, 0.5) is 0 Å². The molecule has 1 aromatic rings. The van der Waals surface area contributed by atoms with E-state index in [2.05, 4.69) is 28.7 Å². The van der Waals surface area contributed by atoms with Crippen molar-refractivity contribution in [3.8, 4) is 0 Å². The minimum atomic E-state index is 0.482. The van der Waals surface area contributed by atoms with Gasteiger partial charge in [-0.3, -0.25) is 4.68 Å². The molecule has 0 fully saturated rings. The summed E-state index contributed by atoms with van der Waals surface area (Å²) in [6, 6.07) is 2.59. The highest BCUT2D eigenvalue weighted by molar-refractivity contribution is 5.08. The van der Waals surface area contributed by atoms with Gasteiger partial charge in [-0.05, 0) is 27.0 Å². The van der Waals surface area contributed by atoms with Gasteiger partial charge in [0.05, 0.1) is 11.4 Å². The number of aryl methyl sites for hydroxylation is 2. The molecule has 1 heterocycles. The van der Waals surface area contributed by atoms with Gasteiger partial charge in [-0.2, -0.15) is 5.10 Å². The molecule has 0 aromatic carbocycles. The molecule has 4 nitrogen and oxygen atoms in total. The Labute approximate surface area is 85.7 Å². The number of hydrogen-bond donors (Lipinski definition) is 2. The van der Waals surface area contributed by atoms with Crippen LogP contribution in [-0.4, -0.2) is 29.4 Å². The standard InChI is InChI=1S/C10H20N4/c1-8-5-10(14(4)13-8)7-12-9(2)6-11-3/h5,9,11-12H,6-7H2,1-4H3. The highest BCUT2D eigenvalue weighted by Crippen LogP contribution is 2.01. The van der Waals surface area contributed by atoms with Crippen LogP contribution in [0.2, 0.25) is 0 Å². The van der Waals surface area contributed by atoms with Gasteiger partial charge in [0.15, 0.2) is 0 Å². The molecular weight excluding hydrogens is 176 g/mol. The summed E-state index contributed by atoms with van der Waals surface area (Å²) in [4.78, 5) is 0. The second kappa shape index (κ2) is 5.12. The number of nitrogens with zero attached hydrogens (tertiary/aromatic N) is 2. The summed E-state index contributed by atoms with van der Waals surface area (Å²) in [7, 11) is 3.94. The van der Waals surface area contributed by atoms with Crippen molar-refractivity contribution < 1.29 is 0 Å². The summed E-state index contributed by atoms with van der Waals surface area (Å²) in [6.07, 6.45) is 0. The third-order valence-electron chi connectivity index (χ3n) is 2.24. The Kier molecular flexibility index (Phi) is 4.10. The van der Waals surface area contributed by atoms with Gasteiger partial charge < -0.3 is 10.6 Å². The van der Waals surface area contributed by atoms with Gasteiger partial charge in [0.25, 0.3) is 0 Å². The molecule has 2 N–H and O–H groups in total. The number of likely N-dealkylation sites (N-methyl/N-ethyl adjacent to an activating group) is 1. The first-order chi connectivity index (χ1) is 6.63. The van der Waals surface area contributed by atoms with E-state index in [4.69, 9.17) is 0 Å². The second-order valence-electron chi connectivity index (χ2n) is 3.74. The predicted octanol–water partition coefficient (Wildman–Crippen LogP) is 0.426. The largest absolute Gasteiger partial charge is 0.318 e. The van der Waals surface area contributed by atoms with E-state index < -0.39 is 0 Å². The number of hydrogen-bond acceptors (Lipinski definition) is 3. The zero-order valence-corrected chi connectivity index (χ0v) is 9.46. The van der Waals surface area contributed by atoms with Crippen molar-refractivity contribution in [1.82, 2.24) is 20.4 Å². The lowest BCUT2D eigenvalue weighted by atomic mass is 10.3. The van der Waals surface area contributed by atoms with Gasteiger partial charge in [-0.25, -0.2) is 0 Å². The molecule has 0 radical (unpaired) electrons. The van der Waals surface area contributed by atoms with Gasteiger partial charge >= 0.3 is 0 Å². The summed E-state index contributed by atoms with van der Waals surface area (Å²) < 4.78 is 1.93. The van der Waals surface area contributed by atoms with Crippen molar-refractivity contribution in [2.45, 2.75) is 26.4 Å². The quantitative estimate of drug-likeness (QED) is 0.717. The lowest BCUT2D eigenvalue weighted by molar-refractivity contribution is 0.508. The highest BCUT2D eigenvalue weighted by atomic mass is 15.3. The second-order valence-corrected chi connectivity index (χ2v) is 3.74. The van der Waals surface area contributed by atoms with Crippen LogP contribution in [0.15, 0.2) is 6.07 Å². The van der Waals surface area contributed by atoms with Crippen LogP contribution in [0.3, 0.4) is 0 Å². The van der Waals surface area contributed by atoms with Crippen LogP contribution in [0.25, 0.3) is 0 Å². The van der Waals surface area contributed by atoms with Crippen molar-refractivity contribution in [2.75, 3.05) is 13.6 Å². The van der Waals surface area contributed by atoms with Crippen LogP contribution in [0.1, 0.15) is 18.3 Å². The molecule has 0 saturated heterocycles. The molecule has 0 saturated carbocycles. The molecule has 0 aliphatic heterocycles. The third kappa shape index (κ3) is 3.12. The Morgan fingerprint density at radius 3 is 2.79 bits per heavy atom. The Morgan fingerprint density at radius 1 is 1.57 bits per heavy atom. The molecule has 1 unspecified atom stereocenters. The maximum atomic E-state index is 4.30. The third-order valence-corrected chi connectivity index (χ3v) is 2.24. The smallest absolute Gasteiger partial charge is 0.0597 e. The van der Waals surface area contributed by atoms with Crippen molar-refractivity contribution >= 4 is 0 Å². The molecule has 14 heavy (non-hydrogen) atoms. The maximum absolute atomic E-state index is 4.30. The van der Waals surface area contributed by atoms with E-state index in [-0.39, 0.29) is 0 Å². The van der Waals surface area contributed by atoms with Crippen LogP contribution in [0, 0.1) is 6.92 Å². The van der Waals surface area contributed by atoms with Gasteiger partial charge in [-0.1, -0.05) is 0 Å². The molecule has 1 atom stereocenters. The summed E-state index contributed by atoms with van der Waals surface area (Å²) in [5.74, 6) is 0. The molecule has 80 valence electrons. The summed E-state index contributed by atoms with van der Waals surface area (Å²) >= 11 is 0. The van der Waals surface area contributed by atoms with Crippen molar-refractivity contribution in [2.24, 2.45) is 7.05 Å². The van der Waals surface area contributed by atoms with Crippen LogP contribution in [-0.2, 0) is 13.6 Å². The van der Waals surface area contributed by atoms with Crippen LogP contribution >= 0.6 is 0 Å². The minimum absolute atomic E-state index is 0.482. The van der Waals surface area contributed by atoms with E-state index in [0.717, 1.165) is 18.8 Å². The normalized spacial score (nSPS) is 13.1. The first-order valence-electron chi connectivity index (χ1n) is 5.01. The average molecular weight is 196 g/mol. The molecule has 1 rings (SSSR count). The summed E-state index contributed by atoms with van der Waals surface area (Å²) in [5.41, 5.74) is 2.30. The zero-order valence-electron chi connectivity index (χ0n) is 9.46. The Balaban J connectivity index is 2.41. The van der Waals surface area contributed by atoms with E-state index in [0.29, 0.717) is 6.04 Å². The van der Waals surface area contributed by atoms with Gasteiger partial charge in [-0.15, -0.1) is 0 Å². The fourth-order valence-electron chi connectivity index (χ4n) is 1.49. The van der Waals surface area contributed by atoms with Crippen molar-refractivity contribution in [3.63, 3.8) is 0 Å². The number of aromatic nitrogens is 2. The van der Waals surface area contributed by atoms with Crippen molar-refractivity contribution in [3.05, 3.63) is 17.5 Å². The lowest BCUT2D eigenvalue weighted by Crippen LogP contribution is -2.34. The first kappa shape index (κ1) is 11.2. The van der Waals surface area contributed by atoms with E-state index in [1.807, 2.05) is 25.7 Å². The Morgan fingerprint density at radius 2 is 2.29 bits per heavy atom. The topological polar surface area (TPSA) is 41.9 Å². The molecule has 0 aliphatic carbocycles.